The lowest BCUT2D eigenvalue weighted by atomic mass is 9.96. The highest BCUT2D eigenvalue weighted by Crippen LogP contribution is 2.27. The second-order valence-corrected chi connectivity index (χ2v) is 8.91. The van der Waals surface area contributed by atoms with Gasteiger partial charge < -0.3 is 40.4 Å². The van der Waals surface area contributed by atoms with Gasteiger partial charge in [-0.1, -0.05) is 6.07 Å². The third-order valence-corrected chi connectivity index (χ3v) is 5.79. The van der Waals surface area contributed by atoms with E-state index in [1.165, 1.54) is 0 Å². The number of nitrogen functional groups attached to an aromatic ring is 1. The average molecular weight is 551 g/mol. The summed E-state index contributed by atoms with van der Waals surface area (Å²) >= 11 is 0. The molecule has 2 aromatic rings. The predicted octanol–water partition coefficient (Wildman–Crippen LogP) is 1.01. The van der Waals surface area contributed by atoms with Crippen LogP contribution in [0.1, 0.15) is 36.8 Å². The number of aliphatic carboxylic acids is 3. The van der Waals surface area contributed by atoms with Gasteiger partial charge in [0.1, 0.15) is 11.5 Å². The van der Waals surface area contributed by atoms with Gasteiger partial charge in [0.15, 0.2) is 5.60 Å². The summed E-state index contributed by atoms with van der Waals surface area (Å²) in [5.74, 6) is -3.13. The molecule has 1 aliphatic heterocycles. The van der Waals surface area contributed by atoms with Gasteiger partial charge in [0, 0.05) is 55.8 Å². The molecule has 1 atom stereocenters. The number of aromatic nitrogens is 2. The fourth-order valence-corrected chi connectivity index (χ4v) is 3.90. The summed E-state index contributed by atoms with van der Waals surface area (Å²) in [6, 6.07) is 5.90. The Morgan fingerprint density at radius 1 is 1.08 bits per heavy atom. The largest absolute Gasteiger partial charge is 0.497 e. The van der Waals surface area contributed by atoms with Crippen molar-refractivity contribution in [1.82, 2.24) is 14.9 Å². The van der Waals surface area contributed by atoms with E-state index in [1.807, 2.05) is 18.2 Å². The van der Waals surface area contributed by atoms with Crippen LogP contribution in [-0.2, 0) is 32.2 Å². The number of anilines is 1. The molecular formula is C25H34N4O10. The lowest BCUT2D eigenvalue weighted by molar-refractivity contribution is -0.170. The Balaban J connectivity index is 0.000000349. The minimum absolute atomic E-state index is 0.258. The molecule has 1 aliphatic rings. The molecule has 0 aliphatic carbocycles. The number of nitrogens with two attached hydrogens (primary N) is 1. The van der Waals surface area contributed by atoms with Crippen molar-refractivity contribution in [3.63, 3.8) is 0 Å². The topological polar surface area (TPSA) is 215 Å². The molecule has 1 aromatic heterocycles. The maximum Gasteiger partial charge on any atom is 0.336 e. The van der Waals surface area contributed by atoms with Crippen molar-refractivity contribution >= 4 is 23.9 Å². The molecule has 1 unspecified atom stereocenters. The van der Waals surface area contributed by atoms with Gasteiger partial charge in [0.25, 0.3) is 0 Å². The van der Waals surface area contributed by atoms with Gasteiger partial charge in [-0.25, -0.2) is 14.8 Å². The van der Waals surface area contributed by atoms with Crippen molar-refractivity contribution in [3.05, 3.63) is 41.7 Å². The van der Waals surface area contributed by atoms with E-state index in [0.717, 1.165) is 61.7 Å². The zero-order chi connectivity index (χ0) is 29.0. The van der Waals surface area contributed by atoms with E-state index in [1.54, 1.807) is 26.6 Å². The van der Waals surface area contributed by atoms with E-state index in [0.29, 0.717) is 0 Å². The van der Waals surface area contributed by atoms with Gasteiger partial charge in [-0.2, -0.15) is 0 Å². The predicted molar refractivity (Wildman–Crippen MR) is 136 cm³/mol. The molecule has 0 bridgehead atoms. The molecule has 1 fully saturated rings. The number of methoxy groups -OCH3 is 2. The van der Waals surface area contributed by atoms with Crippen LogP contribution < -0.4 is 15.2 Å². The Morgan fingerprint density at radius 3 is 2.21 bits per heavy atom. The molecule has 1 saturated heterocycles. The minimum Gasteiger partial charge on any atom is -0.497 e. The zero-order valence-electron chi connectivity index (χ0n) is 21.8. The molecule has 0 saturated carbocycles. The summed E-state index contributed by atoms with van der Waals surface area (Å²) in [6.45, 7) is 3.14. The van der Waals surface area contributed by atoms with E-state index in [2.05, 4.69) is 14.9 Å². The third kappa shape index (κ3) is 10.3. The number of benzene rings is 1. The maximum atomic E-state index is 10.3. The quantitative estimate of drug-likeness (QED) is 0.235. The molecule has 0 spiro atoms. The van der Waals surface area contributed by atoms with Crippen molar-refractivity contribution < 1.29 is 49.0 Å². The van der Waals surface area contributed by atoms with Crippen molar-refractivity contribution in [2.75, 3.05) is 33.1 Å². The summed E-state index contributed by atoms with van der Waals surface area (Å²) < 4.78 is 16.7. The fraction of sp³-hybridized carbons (Fsp3) is 0.480. The van der Waals surface area contributed by atoms with Crippen molar-refractivity contribution in [2.45, 2.75) is 50.5 Å². The van der Waals surface area contributed by atoms with Crippen LogP contribution in [0, 0.1) is 0 Å². The minimum atomic E-state index is -2.74. The zero-order valence-corrected chi connectivity index (χ0v) is 21.8. The number of carbonyl (C=O) groups is 3. The summed E-state index contributed by atoms with van der Waals surface area (Å²) in [5, 5.41) is 33.8. The van der Waals surface area contributed by atoms with Crippen LogP contribution in [0.4, 0.5) is 5.95 Å². The molecule has 6 N–H and O–H groups in total. The number of carboxylic acid groups (broad SMARTS) is 3. The van der Waals surface area contributed by atoms with Crippen molar-refractivity contribution in [3.8, 4) is 11.5 Å². The second-order valence-electron chi connectivity index (χ2n) is 8.91. The Kier molecular flexibility index (Phi) is 11.8. The van der Waals surface area contributed by atoms with Gasteiger partial charge in [0.2, 0.25) is 5.95 Å². The SMILES string of the molecule is COc1ccc(CN(Cc2cnc(N)nc2)CC2CCCO2)c(OC)c1.O=C(O)CC(O)(CC(=O)O)C(=O)O. The molecule has 14 nitrogen and oxygen atoms in total. The van der Waals surface area contributed by atoms with Crippen molar-refractivity contribution in [1.29, 1.82) is 0 Å². The Morgan fingerprint density at radius 2 is 1.72 bits per heavy atom. The first-order valence-corrected chi connectivity index (χ1v) is 12.0. The average Bonchev–Trinajstić information content (AvgIpc) is 3.38. The van der Waals surface area contributed by atoms with Crippen LogP contribution >= 0.6 is 0 Å². The standard InChI is InChI=1S/C19H26N4O3.C6H8O7/c1-24-16-6-5-15(18(8-16)25-2)12-23(13-17-4-3-7-26-17)11-14-9-21-19(20)22-10-14;7-3(8)1-6(13,5(11)12)2-4(9)10/h5-6,8-10,17H,3-4,7,11-13H2,1-2H3,(H2,20,21,22);13H,1-2H2,(H,7,8)(H,9,10)(H,11,12). The van der Waals surface area contributed by atoms with Gasteiger partial charge in [-0.05, 0) is 18.9 Å². The van der Waals surface area contributed by atoms with Gasteiger partial charge in [0.05, 0.1) is 33.2 Å². The first-order chi connectivity index (χ1) is 18.4. The number of hydrogen-bond acceptors (Lipinski definition) is 11. The van der Waals surface area contributed by atoms with Gasteiger partial charge in [-0.15, -0.1) is 0 Å². The van der Waals surface area contributed by atoms with Gasteiger partial charge >= 0.3 is 17.9 Å². The maximum absolute atomic E-state index is 10.3. The molecular weight excluding hydrogens is 516 g/mol. The molecule has 214 valence electrons. The monoisotopic (exact) mass is 550 g/mol. The van der Waals surface area contributed by atoms with E-state index in [4.69, 9.17) is 40.4 Å². The number of carboxylic acids is 3. The molecule has 0 radical (unpaired) electrons. The number of aliphatic hydroxyl groups is 1. The Labute approximate surface area is 225 Å². The molecule has 3 rings (SSSR count). The van der Waals surface area contributed by atoms with Crippen LogP contribution in [0.3, 0.4) is 0 Å². The second kappa shape index (κ2) is 14.8. The lowest BCUT2D eigenvalue weighted by Gasteiger charge is -2.26. The van der Waals surface area contributed by atoms with Gasteiger partial charge in [-0.3, -0.25) is 14.5 Å². The summed E-state index contributed by atoms with van der Waals surface area (Å²) in [6.07, 6.45) is 3.73. The number of rotatable bonds is 13. The molecule has 14 heteroatoms. The molecule has 0 amide bonds. The first kappa shape index (κ1) is 31.2. The van der Waals surface area contributed by atoms with Crippen LogP contribution in [0.25, 0.3) is 0 Å². The van der Waals surface area contributed by atoms with E-state index in [9.17, 15) is 14.4 Å². The number of ether oxygens (including phenoxy) is 3. The van der Waals surface area contributed by atoms with E-state index >= 15 is 0 Å². The first-order valence-electron chi connectivity index (χ1n) is 12.0. The van der Waals surface area contributed by atoms with Crippen LogP contribution in [-0.4, -0.2) is 92.3 Å². The lowest BCUT2D eigenvalue weighted by Crippen LogP contribution is -2.42. The molecule has 1 aromatic carbocycles. The summed E-state index contributed by atoms with van der Waals surface area (Å²) in [7, 11) is 3.33. The highest BCUT2D eigenvalue weighted by Gasteiger charge is 2.40. The highest BCUT2D eigenvalue weighted by atomic mass is 16.5. The number of nitrogens with zero attached hydrogens (tertiary/aromatic N) is 3. The normalized spacial score (nSPS) is 14.8. The summed E-state index contributed by atoms with van der Waals surface area (Å²) in [4.78, 5) is 41.0. The van der Waals surface area contributed by atoms with Crippen molar-refractivity contribution in [2.24, 2.45) is 0 Å². The Bertz CT molecular complexity index is 1090. The molecule has 2 heterocycles. The Hall–Kier alpha value is -4.01. The number of hydrogen-bond donors (Lipinski definition) is 5. The van der Waals surface area contributed by atoms with E-state index in [-0.39, 0.29) is 12.1 Å². The third-order valence-electron chi connectivity index (χ3n) is 5.79. The van der Waals surface area contributed by atoms with Crippen LogP contribution in [0.2, 0.25) is 0 Å². The highest BCUT2D eigenvalue weighted by molar-refractivity contribution is 5.88. The van der Waals surface area contributed by atoms with Crippen LogP contribution in [0.5, 0.6) is 11.5 Å². The smallest absolute Gasteiger partial charge is 0.336 e. The summed E-state index contributed by atoms with van der Waals surface area (Å²) in [5.41, 5.74) is 4.97. The van der Waals surface area contributed by atoms with Crippen LogP contribution in [0.15, 0.2) is 30.6 Å². The van der Waals surface area contributed by atoms with E-state index < -0.39 is 36.4 Å². The fourth-order valence-electron chi connectivity index (χ4n) is 3.90. The molecule has 39 heavy (non-hydrogen) atoms.